The number of carboxylic acid groups (broad SMARTS) is 1. The van der Waals surface area contributed by atoms with Crippen LogP contribution in [-0.4, -0.2) is 62.0 Å². The predicted molar refractivity (Wildman–Crippen MR) is 119 cm³/mol. The molecule has 1 saturated carbocycles. The summed E-state index contributed by atoms with van der Waals surface area (Å²) in [7, 11) is 0. The third-order valence-corrected chi connectivity index (χ3v) is 7.36. The van der Waals surface area contributed by atoms with Crippen molar-refractivity contribution in [3.05, 3.63) is 30.2 Å². The van der Waals surface area contributed by atoms with Crippen molar-refractivity contribution < 1.29 is 9.90 Å². The maximum Gasteiger partial charge on any atom is 0.404 e. The van der Waals surface area contributed by atoms with Crippen molar-refractivity contribution >= 4 is 34.6 Å². The van der Waals surface area contributed by atoms with Gasteiger partial charge in [-0.3, -0.25) is 10.1 Å². The number of H-pyrrole nitrogens is 1. The highest BCUT2D eigenvalue weighted by Crippen LogP contribution is 2.46. The van der Waals surface area contributed by atoms with Crippen molar-refractivity contribution in [2.45, 2.75) is 44.6 Å². The number of carbonyl (C=O) groups is 1. The molecule has 3 aromatic heterocycles. The molecule has 3 aliphatic rings. The lowest BCUT2D eigenvalue weighted by atomic mass is 9.82. The molecule has 2 unspecified atom stereocenters. The van der Waals surface area contributed by atoms with Crippen molar-refractivity contribution in [3.63, 3.8) is 0 Å². The summed E-state index contributed by atoms with van der Waals surface area (Å²) in [5.74, 6) is 1.60. The van der Waals surface area contributed by atoms with Gasteiger partial charge in [-0.25, -0.2) is 14.8 Å². The molecule has 0 aromatic carbocycles. The minimum atomic E-state index is -0.935. The summed E-state index contributed by atoms with van der Waals surface area (Å²) in [5.41, 5.74) is 3.57. The van der Waals surface area contributed by atoms with Crippen LogP contribution in [0.15, 0.2) is 24.5 Å². The maximum atomic E-state index is 11.2. The minimum absolute atomic E-state index is 0.00762. The fourth-order valence-corrected chi connectivity index (χ4v) is 5.83. The maximum absolute atomic E-state index is 11.2. The smallest absolute Gasteiger partial charge is 0.404 e. The molecule has 1 amide bonds. The highest BCUT2D eigenvalue weighted by molar-refractivity contribution is 5.87. The van der Waals surface area contributed by atoms with E-state index in [-0.39, 0.29) is 11.5 Å². The molecule has 32 heavy (non-hydrogen) atoms. The third-order valence-electron chi connectivity index (χ3n) is 7.36. The van der Waals surface area contributed by atoms with Gasteiger partial charge in [0.2, 0.25) is 0 Å². The highest BCUT2D eigenvalue weighted by atomic mass is 16.4. The molecule has 2 aliphatic heterocycles. The summed E-state index contributed by atoms with van der Waals surface area (Å²) in [4.78, 5) is 29.7. The van der Waals surface area contributed by atoms with Crippen LogP contribution >= 0.6 is 0 Å². The Morgan fingerprint density at radius 1 is 1.25 bits per heavy atom. The van der Waals surface area contributed by atoms with Gasteiger partial charge in [0.25, 0.3) is 0 Å². The van der Waals surface area contributed by atoms with Gasteiger partial charge < -0.3 is 20.2 Å². The van der Waals surface area contributed by atoms with Gasteiger partial charge in [-0.05, 0) is 44.2 Å². The molecule has 1 spiro atoms. The Morgan fingerprint density at radius 3 is 3.09 bits per heavy atom. The van der Waals surface area contributed by atoms with E-state index in [9.17, 15) is 9.90 Å². The average Bonchev–Trinajstić information content (AvgIpc) is 3.52. The third kappa shape index (κ3) is 3.04. The van der Waals surface area contributed by atoms with Crippen molar-refractivity contribution in [2.75, 3.05) is 29.4 Å². The number of anilines is 3. The first kappa shape index (κ1) is 19.3. The molecular formula is C22H26N8O2. The zero-order chi connectivity index (χ0) is 21.7. The summed E-state index contributed by atoms with van der Waals surface area (Å²) in [6.45, 7) is 2.52. The highest BCUT2D eigenvalue weighted by Gasteiger charge is 2.48. The molecular weight excluding hydrogens is 408 g/mol. The summed E-state index contributed by atoms with van der Waals surface area (Å²) < 4.78 is 0. The summed E-state index contributed by atoms with van der Waals surface area (Å²) >= 11 is 0. The van der Waals surface area contributed by atoms with Crippen LogP contribution in [-0.2, 0) is 6.42 Å². The summed E-state index contributed by atoms with van der Waals surface area (Å²) in [5, 5.41) is 19.6. The fraction of sp³-hybridized carbons (Fsp3) is 0.500. The van der Waals surface area contributed by atoms with Gasteiger partial charge in [0.05, 0.1) is 17.6 Å². The lowest BCUT2D eigenvalue weighted by Gasteiger charge is -2.31. The second-order valence-electron chi connectivity index (χ2n) is 9.13. The van der Waals surface area contributed by atoms with E-state index in [4.69, 9.17) is 9.97 Å². The number of hydrogen-bond acceptors (Lipinski definition) is 7. The molecule has 5 heterocycles. The van der Waals surface area contributed by atoms with Gasteiger partial charge in [-0.1, -0.05) is 6.42 Å². The Kier molecular flexibility index (Phi) is 4.41. The SMILES string of the molecule is O=C(O)NC1CCCC12CCN(c1cnc3c(N4CCCc5ncccc54)n[nH]c3n1)C2. The van der Waals surface area contributed by atoms with E-state index in [1.165, 1.54) is 0 Å². The molecule has 1 aliphatic carbocycles. The number of aromatic amines is 1. The number of hydrogen-bond donors (Lipinski definition) is 3. The van der Waals surface area contributed by atoms with E-state index >= 15 is 0 Å². The zero-order valence-electron chi connectivity index (χ0n) is 17.8. The van der Waals surface area contributed by atoms with E-state index in [0.29, 0.717) is 5.65 Å². The standard InChI is InChI=1S/C22H26N8O2/c31-21(32)25-16-6-1-7-22(16)8-11-29(13-22)17-12-24-18-19(26-17)27-28-20(18)30-10-3-4-14-15(30)5-2-9-23-14/h2,5,9,12,16,25H,1,3-4,6-8,10-11,13H2,(H,31,32)(H,26,27,28). The van der Waals surface area contributed by atoms with Crippen LogP contribution < -0.4 is 15.1 Å². The van der Waals surface area contributed by atoms with Crippen molar-refractivity contribution in [2.24, 2.45) is 5.41 Å². The molecule has 6 rings (SSSR count). The van der Waals surface area contributed by atoms with Gasteiger partial charge in [0.15, 0.2) is 17.0 Å². The molecule has 2 fully saturated rings. The largest absolute Gasteiger partial charge is 0.465 e. The topological polar surface area (TPSA) is 123 Å². The Labute approximate surface area is 185 Å². The van der Waals surface area contributed by atoms with Gasteiger partial charge >= 0.3 is 6.09 Å². The van der Waals surface area contributed by atoms with E-state index < -0.39 is 6.09 Å². The van der Waals surface area contributed by atoms with Gasteiger partial charge in [0.1, 0.15) is 5.82 Å². The van der Waals surface area contributed by atoms with E-state index in [1.54, 1.807) is 0 Å². The lowest BCUT2D eigenvalue weighted by Crippen LogP contribution is -2.45. The summed E-state index contributed by atoms with van der Waals surface area (Å²) in [6.07, 6.45) is 8.68. The van der Waals surface area contributed by atoms with Gasteiger partial charge in [-0.2, -0.15) is 5.10 Å². The number of nitrogens with one attached hydrogen (secondary N) is 2. The van der Waals surface area contributed by atoms with Crippen molar-refractivity contribution in [1.82, 2.24) is 30.5 Å². The predicted octanol–water partition coefficient (Wildman–Crippen LogP) is 2.85. The normalized spacial score (nSPS) is 24.9. The minimum Gasteiger partial charge on any atom is -0.465 e. The Balaban J connectivity index is 1.27. The first-order valence-corrected chi connectivity index (χ1v) is 11.3. The zero-order valence-corrected chi connectivity index (χ0v) is 17.8. The molecule has 3 aromatic rings. The monoisotopic (exact) mass is 434 g/mol. The van der Waals surface area contributed by atoms with Crippen LogP contribution in [0.1, 0.15) is 37.8 Å². The lowest BCUT2D eigenvalue weighted by molar-refractivity contribution is 0.174. The Hall–Kier alpha value is -3.43. The number of pyridine rings is 1. The van der Waals surface area contributed by atoms with Crippen molar-refractivity contribution in [3.8, 4) is 0 Å². The van der Waals surface area contributed by atoms with Gasteiger partial charge in [0, 0.05) is 37.3 Å². The molecule has 0 bridgehead atoms. The number of amides is 1. The van der Waals surface area contributed by atoms with E-state index in [1.807, 2.05) is 18.5 Å². The van der Waals surface area contributed by atoms with Crippen LogP contribution in [0.3, 0.4) is 0 Å². The van der Waals surface area contributed by atoms with E-state index in [0.717, 1.165) is 86.7 Å². The molecule has 10 heteroatoms. The number of fused-ring (bicyclic) bond motifs is 2. The van der Waals surface area contributed by atoms with Crippen LogP contribution in [0.25, 0.3) is 11.2 Å². The number of aromatic nitrogens is 5. The number of rotatable bonds is 3. The van der Waals surface area contributed by atoms with Crippen LogP contribution in [0.4, 0.5) is 22.1 Å². The molecule has 2 atom stereocenters. The fourth-order valence-electron chi connectivity index (χ4n) is 5.83. The molecule has 0 radical (unpaired) electrons. The Bertz CT molecular complexity index is 1180. The molecule has 166 valence electrons. The molecule has 3 N–H and O–H groups in total. The number of nitrogens with zero attached hydrogens (tertiary/aromatic N) is 6. The molecule has 1 saturated heterocycles. The number of aryl methyl sites for hydroxylation is 1. The second kappa shape index (κ2) is 7.32. The van der Waals surface area contributed by atoms with Crippen LogP contribution in [0.2, 0.25) is 0 Å². The first-order chi connectivity index (χ1) is 15.6. The first-order valence-electron chi connectivity index (χ1n) is 11.3. The quantitative estimate of drug-likeness (QED) is 0.575. The second-order valence-corrected chi connectivity index (χ2v) is 9.13. The van der Waals surface area contributed by atoms with Gasteiger partial charge in [-0.15, -0.1) is 0 Å². The Morgan fingerprint density at radius 2 is 2.19 bits per heavy atom. The van der Waals surface area contributed by atoms with Crippen LogP contribution in [0, 0.1) is 5.41 Å². The van der Waals surface area contributed by atoms with E-state index in [2.05, 4.69) is 36.4 Å². The average molecular weight is 435 g/mol. The van der Waals surface area contributed by atoms with Crippen molar-refractivity contribution in [1.29, 1.82) is 0 Å². The summed E-state index contributed by atoms with van der Waals surface area (Å²) in [6, 6.07) is 4.04. The van der Waals surface area contributed by atoms with Crippen LogP contribution in [0.5, 0.6) is 0 Å². The molecule has 10 nitrogen and oxygen atoms in total.